The number of rotatable bonds is 2. The third kappa shape index (κ3) is 2.19. The van der Waals surface area contributed by atoms with Crippen LogP contribution in [0.2, 0.25) is 0 Å². The average molecular weight is 173 g/mol. The standard InChI is InChI=1S/C10H11N3/c1-2-3-9-6-7-10(13-12-9)11-8-4-5-8/h6-8H,4-5H2,1H3,(H,11,13). The topological polar surface area (TPSA) is 37.8 Å². The molecule has 0 amide bonds. The summed E-state index contributed by atoms with van der Waals surface area (Å²) in [5.74, 6) is 6.49. The molecule has 66 valence electrons. The van der Waals surface area contributed by atoms with Crippen LogP contribution in [-0.4, -0.2) is 16.2 Å². The summed E-state index contributed by atoms with van der Waals surface area (Å²) in [6.07, 6.45) is 2.50. The van der Waals surface area contributed by atoms with E-state index in [-0.39, 0.29) is 0 Å². The Labute approximate surface area is 77.6 Å². The van der Waals surface area contributed by atoms with Crippen LogP contribution < -0.4 is 5.32 Å². The predicted molar refractivity (Wildman–Crippen MR) is 51.2 cm³/mol. The molecule has 0 spiro atoms. The Morgan fingerprint density at radius 1 is 1.38 bits per heavy atom. The van der Waals surface area contributed by atoms with E-state index in [1.807, 2.05) is 12.1 Å². The maximum Gasteiger partial charge on any atom is 0.148 e. The van der Waals surface area contributed by atoms with Crippen LogP contribution in [0.4, 0.5) is 5.82 Å². The van der Waals surface area contributed by atoms with Gasteiger partial charge in [0.2, 0.25) is 0 Å². The second kappa shape index (κ2) is 3.44. The summed E-state index contributed by atoms with van der Waals surface area (Å²) >= 11 is 0. The Kier molecular flexibility index (Phi) is 2.13. The van der Waals surface area contributed by atoms with Gasteiger partial charge in [-0.1, -0.05) is 5.92 Å². The maximum atomic E-state index is 4.01. The summed E-state index contributed by atoms with van der Waals surface area (Å²) in [7, 11) is 0. The lowest BCUT2D eigenvalue weighted by Crippen LogP contribution is -2.03. The molecular weight excluding hydrogens is 162 g/mol. The van der Waals surface area contributed by atoms with Crippen LogP contribution in [0.15, 0.2) is 12.1 Å². The zero-order chi connectivity index (χ0) is 9.10. The lowest BCUT2D eigenvalue weighted by molar-refractivity contribution is 0.987. The Morgan fingerprint density at radius 2 is 2.23 bits per heavy atom. The highest BCUT2D eigenvalue weighted by molar-refractivity contribution is 5.38. The first-order chi connectivity index (χ1) is 6.38. The Hall–Kier alpha value is -1.56. The van der Waals surface area contributed by atoms with Crippen LogP contribution in [0.1, 0.15) is 25.5 Å². The molecule has 1 aromatic heterocycles. The quantitative estimate of drug-likeness (QED) is 0.687. The van der Waals surface area contributed by atoms with Gasteiger partial charge in [-0.25, -0.2) is 0 Å². The fourth-order valence-electron chi connectivity index (χ4n) is 1.04. The van der Waals surface area contributed by atoms with Crippen molar-refractivity contribution in [3.63, 3.8) is 0 Å². The molecule has 0 bridgehead atoms. The van der Waals surface area contributed by atoms with E-state index in [0.717, 1.165) is 11.5 Å². The molecule has 0 unspecified atom stereocenters. The van der Waals surface area contributed by atoms with Gasteiger partial charge in [0, 0.05) is 6.04 Å². The molecule has 0 atom stereocenters. The summed E-state index contributed by atoms with van der Waals surface area (Å²) in [4.78, 5) is 0. The van der Waals surface area contributed by atoms with Gasteiger partial charge in [0.05, 0.1) is 0 Å². The number of nitrogens with zero attached hydrogens (tertiary/aromatic N) is 2. The molecule has 2 rings (SSSR count). The summed E-state index contributed by atoms with van der Waals surface area (Å²) in [5, 5.41) is 11.2. The van der Waals surface area contributed by atoms with Crippen molar-refractivity contribution >= 4 is 5.82 Å². The smallest absolute Gasteiger partial charge is 0.148 e. The second-order valence-corrected chi connectivity index (χ2v) is 3.10. The van der Waals surface area contributed by atoms with Gasteiger partial charge >= 0.3 is 0 Å². The maximum absolute atomic E-state index is 4.01. The van der Waals surface area contributed by atoms with Crippen LogP contribution in [0.3, 0.4) is 0 Å². The zero-order valence-corrected chi connectivity index (χ0v) is 7.54. The van der Waals surface area contributed by atoms with Gasteiger partial charge in [0.1, 0.15) is 11.5 Å². The third-order valence-corrected chi connectivity index (χ3v) is 1.85. The van der Waals surface area contributed by atoms with Crippen molar-refractivity contribution in [1.29, 1.82) is 0 Å². The summed E-state index contributed by atoms with van der Waals surface area (Å²) in [6.45, 7) is 1.79. The van der Waals surface area contributed by atoms with Crippen molar-refractivity contribution in [2.75, 3.05) is 5.32 Å². The molecular formula is C10H11N3. The van der Waals surface area contributed by atoms with Gasteiger partial charge in [-0.2, -0.15) is 0 Å². The van der Waals surface area contributed by atoms with E-state index in [4.69, 9.17) is 0 Å². The predicted octanol–water partition coefficient (Wildman–Crippen LogP) is 1.42. The molecule has 1 aliphatic carbocycles. The highest BCUT2D eigenvalue weighted by atomic mass is 15.2. The first kappa shape index (κ1) is 8.06. The van der Waals surface area contributed by atoms with Crippen LogP contribution >= 0.6 is 0 Å². The average Bonchev–Trinajstić information content (AvgIpc) is 2.93. The Balaban J connectivity index is 2.06. The van der Waals surface area contributed by atoms with Crippen LogP contribution in [0.5, 0.6) is 0 Å². The number of nitrogens with one attached hydrogen (secondary N) is 1. The second-order valence-electron chi connectivity index (χ2n) is 3.10. The fraction of sp³-hybridized carbons (Fsp3) is 0.400. The fourth-order valence-corrected chi connectivity index (χ4v) is 1.04. The van der Waals surface area contributed by atoms with Gasteiger partial charge in [0.25, 0.3) is 0 Å². The molecule has 0 aromatic carbocycles. The summed E-state index contributed by atoms with van der Waals surface area (Å²) < 4.78 is 0. The zero-order valence-electron chi connectivity index (χ0n) is 7.54. The van der Waals surface area contributed by atoms with Crippen LogP contribution in [-0.2, 0) is 0 Å². The van der Waals surface area contributed by atoms with Crippen LogP contribution in [0.25, 0.3) is 0 Å². The molecule has 3 nitrogen and oxygen atoms in total. The Bertz CT molecular complexity index is 341. The van der Waals surface area contributed by atoms with E-state index in [1.165, 1.54) is 12.8 Å². The van der Waals surface area contributed by atoms with E-state index in [2.05, 4.69) is 27.4 Å². The van der Waals surface area contributed by atoms with Crippen LogP contribution in [0, 0.1) is 11.8 Å². The molecule has 0 radical (unpaired) electrons. The van der Waals surface area contributed by atoms with Gasteiger partial charge in [-0.15, -0.1) is 10.2 Å². The van der Waals surface area contributed by atoms with Gasteiger partial charge in [0.15, 0.2) is 0 Å². The van der Waals surface area contributed by atoms with Gasteiger partial charge < -0.3 is 5.32 Å². The number of hydrogen-bond donors (Lipinski definition) is 1. The Morgan fingerprint density at radius 3 is 2.77 bits per heavy atom. The molecule has 1 heterocycles. The van der Waals surface area contributed by atoms with E-state index in [9.17, 15) is 0 Å². The molecule has 3 heteroatoms. The largest absolute Gasteiger partial charge is 0.366 e. The van der Waals surface area contributed by atoms with E-state index in [1.54, 1.807) is 6.92 Å². The van der Waals surface area contributed by atoms with Gasteiger partial charge in [-0.3, -0.25) is 0 Å². The van der Waals surface area contributed by atoms with Gasteiger partial charge in [-0.05, 0) is 37.8 Å². The highest BCUT2D eigenvalue weighted by Gasteiger charge is 2.21. The van der Waals surface area contributed by atoms with Crippen molar-refractivity contribution in [3.8, 4) is 11.8 Å². The van der Waals surface area contributed by atoms with Crippen molar-refractivity contribution in [3.05, 3.63) is 17.8 Å². The summed E-state index contributed by atoms with van der Waals surface area (Å²) in [6, 6.07) is 4.43. The number of aromatic nitrogens is 2. The molecule has 1 aliphatic rings. The summed E-state index contributed by atoms with van der Waals surface area (Å²) in [5.41, 5.74) is 0.726. The molecule has 1 fully saturated rings. The lowest BCUT2D eigenvalue weighted by Gasteiger charge is -2.00. The third-order valence-electron chi connectivity index (χ3n) is 1.85. The molecule has 13 heavy (non-hydrogen) atoms. The minimum absolute atomic E-state index is 0.623. The minimum Gasteiger partial charge on any atom is -0.366 e. The van der Waals surface area contributed by atoms with E-state index < -0.39 is 0 Å². The molecule has 0 aliphatic heterocycles. The van der Waals surface area contributed by atoms with E-state index in [0.29, 0.717) is 6.04 Å². The van der Waals surface area contributed by atoms with Crippen molar-refractivity contribution < 1.29 is 0 Å². The number of hydrogen-bond acceptors (Lipinski definition) is 3. The van der Waals surface area contributed by atoms with Crippen molar-refractivity contribution in [2.24, 2.45) is 0 Å². The normalized spacial score (nSPS) is 14.5. The SMILES string of the molecule is CC#Cc1ccc(NC2CC2)nn1. The molecule has 0 saturated heterocycles. The first-order valence-corrected chi connectivity index (χ1v) is 4.41. The van der Waals surface area contributed by atoms with E-state index >= 15 is 0 Å². The highest BCUT2D eigenvalue weighted by Crippen LogP contribution is 2.22. The molecule has 1 N–H and O–H groups in total. The van der Waals surface area contributed by atoms with Crippen molar-refractivity contribution in [1.82, 2.24) is 10.2 Å². The number of anilines is 1. The monoisotopic (exact) mass is 173 g/mol. The minimum atomic E-state index is 0.623. The lowest BCUT2D eigenvalue weighted by atomic mass is 10.4. The molecule has 1 saturated carbocycles. The molecule has 1 aromatic rings. The van der Waals surface area contributed by atoms with Crippen molar-refractivity contribution in [2.45, 2.75) is 25.8 Å². The first-order valence-electron chi connectivity index (χ1n) is 4.41.